The number of imide groups is 1. The number of carbonyl (C=O) groups excluding carboxylic acids is 3. The van der Waals surface area contributed by atoms with E-state index in [0.29, 0.717) is 28.5 Å². The van der Waals surface area contributed by atoms with Gasteiger partial charge in [-0.05, 0) is 73.5 Å². The summed E-state index contributed by atoms with van der Waals surface area (Å²) in [5.41, 5.74) is 3.13. The maximum atomic E-state index is 13.9. The van der Waals surface area contributed by atoms with Crippen LogP contribution in [-0.4, -0.2) is 46.8 Å². The van der Waals surface area contributed by atoms with Gasteiger partial charge in [0.2, 0.25) is 11.8 Å². The van der Waals surface area contributed by atoms with Gasteiger partial charge >= 0.3 is 0 Å². The Kier molecular flexibility index (Phi) is 7.07. The van der Waals surface area contributed by atoms with Crippen molar-refractivity contribution in [3.8, 4) is 17.2 Å². The third-order valence-corrected chi connectivity index (χ3v) is 7.91. The van der Waals surface area contributed by atoms with Crippen molar-refractivity contribution in [1.29, 1.82) is 0 Å². The molecule has 1 aliphatic heterocycles. The summed E-state index contributed by atoms with van der Waals surface area (Å²) >= 11 is 0. The summed E-state index contributed by atoms with van der Waals surface area (Å²) in [5.74, 6) is 0.205. The Labute approximate surface area is 232 Å². The molecular weight excluding hydrogens is 506 g/mol. The third kappa shape index (κ3) is 4.85. The fourth-order valence-electron chi connectivity index (χ4n) is 5.83. The average molecular weight is 538 g/mol. The molecule has 1 aliphatic carbocycles. The Morgan fingerprint density at radius 2 is 1.62 bits per heavy atom. The zero-order valence-corrected chi connectivity index (χ0v) is 22.4. The Balaban J connectivity index is 1.28. The van der Waals surface area contributed by atoms with Crippen LogP contribution in [0, 0.1) is 0 Å². The van der Waals surface area contributed by atoms with Gasteiger partial charge in [-0.2, -0.15) is 0 Å². The number of amides is 3. The van der Waals surface area contributed by atoms with Gasteiger partial charge in [-0.3, -0.25) is 14.4 Å². The third-order valence-electron chi connectivity index (χ3n) is 7.91. The topological polar surface area (TPSA) is 92.9 Å². The van der Waals surface area contributed by atoms with E-state index < -0.39 is 6.04 Å². The van der Waals surface area contributed by atoms with Crippen molar-refractivity contribution in [1.82, 2.24) is 9.88 Å². The van der Waals surface area contributed by atoms with E-state index in [1.54, 1.807) is 60.5 Å². The monoisotopic (exact) mass is 537 g/mol. The molecule has 2 aliphatic rings. The molecule has 3 amide bonds. The Morgan fingerprint density at radius 1 is 0.925 bits per heavy atom. The maximum absolute atomic E-state index is 13.9. The molecule has 3 aromatic carbocycles. The highest BCUT2D eigenvalue weighted by atomic mass is 16.5. The average Bonchev–Trinajstić information content (AvgIpc) is 3.42. The van der Waals surface area contributed by atoms with Gasteiger partial charge in [0.25, 0.3) is 11.8 Å². The summed E-state index contributed by atoms with van der Waals surface area (Å²) in [4.78, 5) is 48.5. The standard InChI is InChI=1S/C32H31N3O5/c1-39-25-18-14-22(15-19-25)31(37)34(23-8-4-2-3-5-9-23)27-20-29(36)35(32(27)38)24-16-12-21(13-17-24)30-33-26-10-6-7-11-28(26)40-30/h6-7,10-19,23,27H,2-5,8-9,20H2,1H3. The van der Waals surface area contributed by atoms with Crippen LogP contribution in [0.2, 0.25) is 0 Å². The number of para-hydroxylation sites is 2. The summed E-state index contributed by atoms with van der Waals surface area (Å²) in [6.07, 6.45) is 5.80. The number of hydrogen-bond donors (Lipinski definition) is 0. The largest absolute Gasteiger partial charge is 0.497 e. The molecule has 8 heteroatoms. The second kappa shape index (κ2) is 11.0. The Hall–Kier alpha value is -4.46. The fraction of sp³-hybridized carbons (Fsp3) is 0.312. The van der Waals surface area contributed by atoms with Crippen LogP contribution in [0.15, 0.2) is 77.2 Å². The van der Waals surface area contributed by atoms with Crippen molar-refractivity contribution in [2.24, 2.45) is 0 Å². The fourth-order valence-corrected chi connectivity index (χ4v) is 5.83. The van der Waals surface area contributed by atoms with Crippen LogP contribution in [0.25, 0.3) is 22.6 Å². The second-order valence-electron chi connectivity index (χ2n) is 10.4. The number of methoxy groups -OCH3 is 1. The van der Waals surface area contributed by atoms with Crippen molar-refractivity contribution in [2.45, 2.75) is 57.0 Å². The summed E-state index contributed by atoms with van der Waals surface area (Å²) in [7, 11) is 1.58. The van der Waals surface area contributed by atoms with Crippen LogP contribution >= 0.6 is 0 Å². The number of nitrogens with zero attached hydrogens (tertiary/aromatic N) is 3. The molecule has 8 nitrogen and oxygen atoms in total. The second-order valence-corrected chi connectivity index (χ2v) is 10.4. The highest BCUT2D eigenvalue weighted by molar-refractivity contribution is 6.23. The molecular formula is C32H31N3O5. The number of aromatic nitrogens is 1. The molecule has 4 aromatic rings. The summed E-state index contributed by atoms with van der Waals surface area (Å²) < 4.78 is 11.1. The predicted molar refractivity (Wildman–Crippen MR) is 151 cm³/mol. The smallest absolute Gasteiger partial charge is 0.257 e. The minimum absolute atomic E-state index is 0.0376. The van der Waals surface area contributed by atoms with Crippen LogP contribution in [-0.2, 0) is 9.59 Å². The molecule has 2 fully saturated rings. The van der Waals surface area contributed by atoms with Crippen LogP contribution < -0.4 is 9.64 Å². The van der Waals surface area contributed by atoms with Gasteiger partial charge in [0, 0.05) is 17.2 Å². The van der Waals surface area contributed by atoms with Crippen LogP contribution in [0.3, 0.4) is 0 Å². The van der Waals surface area contributed by atoms with E-state index in [1.807, 2.05) is 24.3 Å². The van der Waals surface area contributed by atoms with Crippen molar-refractivity contribution in [3.05, 3.63) is 78.4 Å². The molecule has 0 radical (unpaired) electrons. The van der Waals surface area contributed by atoms with Gasteiger partial charge in [0.1, 0.15) is 17.3 Å². The normalized spacial score (nSPS) is 18.2. The molecule has 2 heterocycles. The van der Waals surface area contributed by atoms with E-state index in [4.69, 9.17) is 9.15 Å². The predicted octanol–water partition coefficient (Wildman–Crippen LogP) is 6.00. The SMILES string of the molecule is COc1ccc(C(=O)N(C2CCCCCC2)C2CC(=O)N(c3ccc(-c4nc5ccccc5o4)cc3)C2=O)cc1. The Bertz CT molecular complexity index is 1500. The summed E-state index contributed by atoms with van der Waals surface area (Å²) in [6.45, 7) is 0. The van der Waals surface area contributed by atoms with E-state index >= 15 is 0 Å². The number of rotatable bonds is 6. The van der Waals surface area contributed by atoms with Gasteiger partial charge in [-0.1, -0.05) is 37.8 Å². The zero-order valence-electron chi connectivity index (χ0n) is 22.4. The van der Waals surface area contributed by atoms with E-state index in [-0.39, 0.29) is 30.2 Å². The number of anilines is 1. The summed E-state index contributed by atoms with van der Waals surface area (Å²) in [5, 5.41) is 0. The zero-order chi connectivity index (χ0) is 27.6. The molecule has 204 valence electrons. The number of fused-ring (bicyclic) bond motifs is 1. The van der Waals surface area contributed by atoms with E-state index in [9.17, 15) is 14.4 Å². The van der Waals surface area contributed by atoms with Crippen molar-refractivity contribution in [2.75, 3.05) is 12.0 Å². The molecule has 6 rings (SSSR count). The molecule has 1 saturated carbocycles. The first-order valence-corrected chi connectivity index (χ1v) is 13.8. The molecule has 1 saturated heterocycles. The molecule has 0 bridgehead atoms. The van der Waals surface area contributed by atoms with Gasteiger partial charge in [0.15, 0.2) is 5.58 Å². The number of benzene rings is 3. The lowest BCUT2D eigenvalue weighted by Crippen LogP contribution is -2.50. The number of hydrogen-bond acceptors (Lipinski definition) is 6. The lowest BCUT2D eigenvalue weighted by atomic mass is 10.0. The van der Waals surface area contributed by atoms with Gasteiger partial charge in [-0.15, -0.1) is 0 Å². The quantitative estimate of drug-likeness (QED) is 0.221. The van der Waals surface area contributed by atoms with E-state index in [1.165, 1.54) is 4.90 Å². The van der Waals surface area contributed by atoms with Crippen LogP contribution in [0.1, 0.15) is 55.3 Å². The van der Waals surface area contributed by atoms with Gasteiger partial charge in [0.05, 0.1) is 19.2 Å². The molecule has 0 N–H and O–H groups in total. The van der Waals surface area contributed by atoms with E-state index in [0.717, 1.165) is 49.6 Å². The maximum Gasteiger partial charge on any atom is 0.257 e. The van der Waals surface area contributed by atoms with Crippen molar-refractivity contribution in [3.63, 3.8) is 0 Å². The molecule has 40 heavy (non-hydrogen) atoms. The molecule has 0 spiro atoms. The van der Waals surface area contributed by atoms with Gasteiger partial charge in [-0.25, -0.2) is 9.88 Å². The lowest BCUT2D eigenvalue weighted by molar-refractivity contribution is -0.123. The Morgan fingerprint density at radius 3 is 2.30 bits per heavy atom. The highest BCUT2D eigenvalue weighted by Crippen LogP contribution is 2.33. The molecule has 1 aromatic heterocycles. The minimum atomic E-state index is -0.845. The first-order valence-electron chi connectivity index (χ1n) is 13.8. The molecule has 1 unspecified atom stereocenters. The first kappa shape index (κ1) is 25.8. The number of ether oxygens (including phenoxy) is 1. The first-order chi connectivity index (χ1) is 19.5. The van der Waals surface area contributed by atoms with E-state index in [2.05, 4.69) is 4.98 Å². The van der Waals surface area contributed by atoms with Gasteiger partial charge < -0.3 is 14.1 Å². The van der Waals surface area contributed by atoms with Crippen LogP contribution in [0.5, 0.6) is 5.75 Å². The van der Waals surface area contributed by atoms with Crippen molar-refractivity contribution < 1.29 is 23.5 Å². The molecule has 1 atom stereocenters. The number of oxazole rings is 1. The number of carbonyl (C=O) groups is 3. The van der Waals surface area contributed by atoms with Crippen LogP contribution in [0.4, 0.5) is 5.69 Å². The lowest BCUT2D eigenvalue weighted by Gasteiger charge is -2.35. The minimum Gasteiger partial charge on any atom is -0.497 e. The highest BCUT2D eigenvalue weighted by Gasteiger charge is 2.46. The summed E-state index contributed by atoms with van der Waals surface area (Å²) in [6, 6.07) is 20.5. The van der Waals surface area contributed by atoms with Crippen molar-refractivity contribution >= 4 is 34.5 Å².